The van der Waals surface area contributed by atoms with E-state index in [4.69, 9.17) is 4.74 Å². The predicted molar refractivity (Wildman–Crippen MR) is 128 cm³/mol. The van der Waals surface area contributed by atoms with Gasteiger partial charge in [0.05, 0.1) is 18.9 Å². The van der Waals surface area contributed by atoms with E-state index < -0.39 is 6.09 Å². The highest BCUT2D eigenvalue weighted by molar-refractivity contribution is 7.98. The van der Waals surface area contributed by atoms with Gasteiger partial charge in [0.15, 0.2) is 0 Å². The number of carbonyl (C=O) groups excluding carboxylic acids is 1. The number of carbonyl (C=O) groups is 1. The molecule has 1 amide bonds. The van der Waals surface area contributed by atoms with E-state index in [2.05, 4.69) is 16.5 Å². The lowest BCUT2D eigenvalue weighted by Gasteiger charge is -2.21. The summed E-state index contributed by atoms with van der Waals surface area (Å²) in [4.78, 5) is 15.8. The molecule has 1 atom stereocenters. The summed E-state index contributed by atoms with van der Waals surface area (Å²) in [5.74, 6) is 0.618. The van der Waals surface area contributed by atoms with Gasteiger partial charge in [-0.1, -0.05) is 24.3 Å². The maximum atomic E-state index is 14.9. The van der Waals surface area contributed by atoms with E-state index in [1.165, 1.54) is 11.0 Å². The van der Waals surface area contributed by atoms with Crippen molar-refractivity contribution in [1.82, 2.24) is 10.2 Å². The number of anilines is 1. The summed E-state index contributed by atoms with van der Waals surface area (Å²) < 4.78 is 32.8. The van der Waals surface area contributed by atoms with Gasteiger partial charge in [-0.15, -0.1) is 0 Å². The first-order valence-electron chi connectivity index (χ1n) is 10.8. The number of halogens is 2. The number of benzene rings is 2. The van der Waals surface area contributed by atoms with Crippen molar-refractivity contribution < 1.29 is 18.3 Å². The number of ether oxygens (including phenoxy) is 1. The van der Waals surface area contributed by atoms with E-state index in [1.54, 1.807) is 30.9 Å². The van der Waals surface area contributed by atoms with Crippen molar-refractivity contribution in [3.8, 4) is 11.1 Å². The second-order valence-corrected chi connectivity index (χ2v) is 8.83. The monoisotopic (exact) mass is 463 g/mol. The Hall–Kier alpha value is -2.16. The van der Waals surface area contributed by atoms with Crippen LogP contribution in [0.1, 0.15) is 12.0 Å². The molecule has 0 spiro atoms. The molecule has 0 aromatic heterocycles. The molecule has 0 bridgehead atoms. The van der Waals surface area contributed by atoms with Crippen molar-refractivity contribution in [1.29, 1.82) is 0 Å². The molecule has 1 aliphatic heterocycles. The molecule has 1 aliphatic rings. The number of hydrogen-bond acceptors (Lipinski definition) is 5. The molecule has 3 rings (SSSR count). The average molecular weight is 464 g/mol. The minimum Gasteiger partial charge on any atom is -0.443 e. The summed E-state index contributed by atoms with van der Waals surface area (Å²) in [5, 5.41) is 2.98. The molecule has 1 N–H and O–H groups in total. The Morgan fingerprint density at radius 3 is 2.66 bits per heavy atom. The van der Waals surface area contributed by atoms with Gasteiger partial charge in [0.1, 0.15) is 11.9 Å². The van der Waals surface area contributed by atoms with Gasteiger partial charge < -0.3 is 10.1 Å². The van der Waals surface area contributed by atoms with Gasteiger partial charge in [0.25, 0.3) is 0 Å². The van der Waals surface area contributed by atoms with Crippen LogP contribution >= 0.6 is 11.8 Å². The number of nitrogens with zero attached hydrogens (tertiary/aromatic N) is 2. The molecular formula is C24H31F2N3O2S. The minimum absolute atomic E-state index is 0.247. The number of rotatable bonds is 12. The lowest BCUT2D eigenvalue weighted by molar-refractivity contribution is 0.141. The zero-order chi connectivity index (χ0) is 22.9. The Morgan fingerprint density at radius 1 is 1.22 bits per heavy atom. The van der Waals surface area contributed by atoms with Crippen LogP contribution in [-0.4, -0.2) is 69.0 Å². The third-order valence-corrected chi connectivity index (χ3v) is 6.05. The highest BCUT2D eigenvalue weighted by atomic mass is 32.2. The number of hydrogen-bond donors (Lipinski definition) is 1. The molecule has 0 aliphatic carbocycles. The molecule has 0 saturated carbocycles. The van der Waals surface area contributed by atoms with E-state index in [-0.39, 0.29) is 18.6 Å². The van der Waals surface area contributed by atoms with Gasteiger partial charge in [0, 0.05) is 37.5 Å². The first-order valence-corrected chi connectivity index (χ1v) is 12.2. The third kappa shape index (κ3) is 6.43. The van der Waals surface area contributed by atoms with Crippen molar-refractivity contribution in [2.75, 3.05) is 56.8 Å². The van der Waals surface area contributed by atoms with Crippen molar-refractivity contribution in [2.24, 2.45) is 0 Å². The molecule has 1 saturated heterocycles. The van der Waals surface area contributed by atoms with Gasteiger partial charge >= 0.3 is 6.09 Å². The fourth-order valence-electron chi connectivity index (χ4n) is 3.79. The molecular weight excluding hydrogens is 432 g/mol. The highest BCUT2D eigenvalue weighted by Gasteiger charge is 2.32. The van der Waals surface area contributed by atoms with Gasteiger partial charge in [-0.25, -0.2) is 9.18 Å². The van der Waals surface area contributed by atoms with Crippen LogP contribution in [0, 0.1) is 5.82 Å². The van der Waals surface area contributed by atoms with Gasteiger partial charge in [-0.2, -0.15) is 11.8 Å². The molecule has 2 aromatic rings. The topological polar surface area (TPSA) is 44.8 Å². The lowest BCUT2D eigenvalue weighted by Crippen LogP contribution is -2.29. The number of amides is 1. The van der Waals surface area contributed by atoms with E-state index >= 15 is 0 Å². The lowest BCUT2D eigenvalue weighted by atomic mass is 10.0. The summed E-state index contributed by atoms with van der Waals surface area (Å²) in [5.41, 5.74) is 2.86. The van der Waals surface area contributed by atoms with Crippen LogP contribution in [0.3, 0.4) is 0 Å². The van der Waals surface area contributed by atoms with Crippen LogP contribution < -0.4 is 10.2 Å². The van der Waals surface area contributed by atoms with Crippen LogP contribution in [0.2, 0.25) is 0 Å². The van der Waals surface area contributed by atoms with E-state index in [1.807, 2.05) is 24.3 Å². The second-order valence-electron chi connectivity index (χ2n) is 7.85. The Labute approximate surface area is 193 Å². The Kier molecular flexibility index (Phi) is 9.32. The van der Waals surface area contributed by atoms with Crippen molar-refractivity contribution in [3.05, 3.63) is 53.8 Å². The molecule has 1 fully saturated rings. The second kappa shape index (κ2) is 12.2. The molecule has 0 radical (unpaired) electrons. The van der Waals surface area contributed by atoms with E-state index in [0.717, 1.165) is 36.5 Å². The fourth-order valence-corrected chi connectivity index (χ4v) is 4.23. The predicted octanol–water partition coefficient (Wildman–Crippen LogP) is 4.56. The zero-order valence-electron chi connectivity index (χ0n) is 18.7. The normalized spacial score (nSPS) is 16.1. The van der Waals surface area contributed by atoms with E-state index in [0.29, 0.717) is 30.8 Å². The SMILES string of the molecule is CNCC1CN(c2ccc(-c3ccc(CN(CCCF)CCSC)cc3)c(F)c2)C(=O)O1. The Bertz CT molecular complexity index is 874. The number of nitrogens with one attached hydrogen (secondary N) is 1. The summed E-state index contributed by atoms with van der Waals surface area (Å²) in [6.45, 7) is 3.01. The molecule has 2 aromatic carbocycles. The van der Waals surface area contributed by atoms with Crippen LogP contribution in [-0.2, 0) is 11.3 Å². The van der Waals surface area contributed by atoms with Crippen molar-refractivity contribution in [3.63, 3.8) is 0 Å². The maximum absolute atomic E-state index is 14.9. The maximum Gasteiger partial charge on any atom is 0.414 e. The first kappa shape index (κ1) is 24.5. The Balaban J connectivity index is 1.68. The van der Waals surface area contributed by atoms with Gasteiger partial charge in [-0.05, 0) is 49.1 Å². The number of thioether (sulfide) groups is 1. The molecule has 32 heavy (non-hydrogen) atoms. The summed E-state index contributed by atoms with van der Waals surface area (Å²) >= 11 is 1.78. The summed E-state index contributed by atoms with van der Waals surface area (Å²) in [6.07, 6.45) is 1.89. The standard InChI is InChI=1S/C24H31F2N3O2S/c1-27-15-21-17-29(24(30)31-21)20-8-9-22(23(26)14-20)19-6-4-18(5-7-19)16-28(11-3-10-25)12-13-32-2/h4-9,14,21,27H,3,10-13,15-17H2,1-2H3. The first-order chi connectivity index (χ1) is 15.5. The fraction of sp³-hybridized carbons (Fsp3) is 0.458. The smallest absolute Gasteiger partial charge is 0.414 e. The zero-order valence-corrected chi connectivity index (χ0v) is 19.5. The number of alkyl halides is 1. The Morgan fingerprint density at radius 2 is 2.00 bits per heavy atom. The minimum atomic E-state index is -0.458. The third-order valence-electron chi connectivity index (χ3n) is 5.46. The number of likely N-dealkylation sites (N-methyl/N-ethyl adjacent to an activating group) is 1. The average Bonchev–Trinajstić information content (AvgIpc) is 3.16. The van der Waals surface area contributed by atoms with Crippen LogP contribution in [0.25, 0.3) is 11.1 Å². The van der Waals surface area contributed by atoms with Gasteiger partial charge in [-0.3, -0.25) is 14.2 Å². The van der Waals surface area contributed by atoms with Crippen molar-refractivity contribution >= 4 is 23.5 Å². The number of cyclic esters (lactones) is 1. The largest absolute Gasteiger partial charge is 0.443 e. The van der Waals surface area contributed by atoms with Crippen molar-refractivity contribution in [2.45, 2.75) is 19.1 Å². The van der Waals surface area contributed by atoms with Gasteiger partial charge in [0.2, 0.25) is 0 Å². The highest BCUT2D eigenvalue weighted by Crippen LogP contribution is 2.29. The molecule has 174 valence electrons. The van der Waals surface area contributed by atoms with Crippen LogP contribution in [0.4, 0.5) is 19.3 Å². The quantitative estimate of drug-likeness (QED) is 0.500. The molecule has 1 unspecified atom stereocenters. The van der Waals surface area contributed by atoms with Crippen LogP contribution in [0.5, 0.6) is 0 Å². The van der Waals surface area contributed by atoms with E-state index in [9.17, 15) is 13.6 Å². The summed E-state index contributed by atoms with van der Waals surface area (Å²) in [7, 11) is 1.79. The molecule has 1 heterocycles. The van der Waals surface area contributed by atoms with Crippen LogP contribution in [0.15, 0.2) is 42.5 Å². The molecule has 5 nitrogen and oxygen atoms in total. The molecule has 8 heteroatoms. The summed E-state index contributed by atoms with van der Waals surface area (Å²) in [6, 6.07) is 12.6.